The van der Waals surface area contributed by atoms with Gasteiger partial charge in [0.25, 0.3) is 0 Å². The molecule has 1 rings (SSSR count). The van der Waals surface area contributed by atoms with Gasteiger partial charge in [-0.15, -0.1) is 0 Å². The summed E-state index contributed by atoms with van der Waals surface area (Å²) in [6.45, 7) is 1.73. The quantitative estimate of drug-likeness (QED) is 0.554. The Morgan fingerprint density at radius 1 is 1.71 bits per heavy atom. The van der Waals surface area contributed by atoms with Crippen LogP contribution in [-0.2, 0) is 16.6 Å². The van der Waals surface area contributed by atoms with E-state index < -0.39 is 12.1 Å². The summed E-state index contributed by atoms with van der Waals surface area (Å²) in [6.07, 6.45) is 1.28. The second kappa shape index (κ2) is 4.21. The van der Waals surface area contributed by atoms with Crippen LogP contribution in [0.2, 0.25) is 0 Å². The third-order valence-electron chi connectivity index (χ3n) is 1.88. The smallest absolute Gasteiger partial charge is 0.358 e. The second-order valence-corrected chi connectivity index (χ2v) is 2.88. The highest BCUT2D eigenvalue weighted by Gasteiger charge is 2.20. The molecule has 6 nitrogen and oxygen atoms in total. The third kappa shape index (κ3) is 1.91. The molecule has 78 valence electrons. The number of aromatic nitrogens is 2. The average Bonchev–Trinajstić information content (AvgIpc) is 2.58. The molecule has 0 bridgehead atoms. The number of aryl methyl sites for hydroxylation is 1. The zero-order chi connectivity index (χ0) is 10.7. The number of carbonyl (C=O) groups excluding carboxylic acids is 1. The Morgan fingerprint density at radius 2 is 2.36 bits per heavy atom. The summed E-state index contributed by atoms with van der Waals surface area (Å²) in [5, 5.41) is 3.96. The minimum Gasteiger partial charge on any atom is -0.464 e. The van der Waals surface area contributed by atoms with Gasteiger partial charge in [-0.2, -0.15) is 5.10 Å². The van der Waals surface area contributed by atoms with Crippen LogP contribution in [0.25, 0.3) is 0 Å². The Bertz CT molecular complexity index is 335. The molecule has 1 aromatic rings. The zero-order valence-electron chi connectivity index (χ0n) is 8.35. The molecule has 1 aromatic heterocycles. The normalized spacial score (nSPS) is 12.6. The molecule has 0 aliphatic rings. The zero-order valence-corrected chi connectivity index (χ0v) is 8.35. The topological polar surface area (TPSA) is 79.4 Å². The number of hydrogen-bond acceptors (Lipinski definition) is 5. The summed E-state index contributed by atoms with van der Waals surface area (Å²) in [5.74, 6) is 4.54. The van der Waals surface area contributed by atoms with Gasteiger partial charge >= 0.3 is 5.97 Å². The van der Waals surface area contributed by atoms with E-state index >= 15 is 0 Å². The van der Waals surface area contributed by atoms with Gasteiger partial charge in [0.05, 0.1) is 7.11 Å². The van der Waals surface area contributed by atoms with Crippen molar-refractivity contribution in [3.8, 4) is 0 Å². The van der Waals surface area contributed by atoms with Gasteiger partial charge in [0.2, 0.25) is 0 Å². The molecule has 0 saturated carbocycles. The highest BCUT2D eigenvalue weighted by molar-refractivity contribution is 5.88. The number of nitrogens with two attached hydrogens (primary N) is 1. The molecule has 1 unspecified atom stereocenters. The standard InChI is InChI=1S/C8H13N3O3/c1-5(14-9)6-4-11(2)10-7(6)8(12)13-3/h4-5H,9H2,1-3H3. The SMILES string of the molecule is COC(=O)c1nn(C)cc1C(C)ON. The number of nitrogens with zero attached hydrogens (tertiary/aromatic N) is 2. The van der Waals surface area contributed by atoms with Crippen LogP contribution in [0.4, 0.5) is 0 Å². The molecule has 0 spiro atoms. The molecule has 6 heteroatoms. The minimum atomic E-state index is -0.496. The van der Waals surface area contributed by atoms with E-state index in [1.807, 2.05) is 0 Å². The molecule has 0 radical (unpaired) electrons. The Labute approximate surface area is 81.5 Å². The fraction of sp³-hybridized carbons (Fsp3) is 0.500. The monoisotopic (exact) mass is 199 g/mol. The lowest BCUT2D eigenvalue weighted by molar-refractivity contribution is 0.0541. The number of esters is 1. The lowest BCUT2D eigenvalue weighted by atomic mass is 10.1. The van der Waals surface area contributed by atoms with Gasteiger partial charge < -0.3 is 4.74 Å². The van der Waals surface area contributed by atoms with Crippen LogP contribution in [0.1, 0.15) is 29.1 Å². The van der Waals surface area contributed by atoms with Gasteiger partial charge in [-0.3, -0.25) is 9.52 Å². The first-order valence-corrected chi connectivity index (χ1v) is 4.07. The van der Waals surface area contributed by atoms with E-state index in [0.717, 1.165) is 0 Å². The van der Waals surface area contributed by atoms with Crippen molar-refractivity contribution < 1.29 is 14.4 Å². The summed E-state index contributed by atoms with van der Waals surface area (Å²) in [5.41, 5.74) is 0.842. The van der Waals surface area contributed by atoms with Crippen LogP contribution in [0, 0.1) is 0 Å². The fourth-order valence-corrected chi connectivity index (χ4v) is 1.13. The molecule has 0 aliphatic heterocycles. The van der Waals surface area contributed by atoms with Crippen LogP contribution >= 0.6 is 0 Å². The lowest BCUT2D eigenvalue weighted by Gasteiger charge is -2.06. The van der Waals surface area contributed by atoms with Gasteiger partial charge in [-0.05, 0) is 6.92 Å². The minimum absolute atomic E-state index is 0.230. The predicted molar refractivity (Wildman–Crippen MR) is 48.2 cm³/mol. The molecule has 0 saturated heterocycles. The average molecular weight is 199 g/mol. The van der Waals surface area contributed by atoms with Crippen LogP contribution < -0.4 is 5.90 Å². The Hall–Kier alpha value is -1.40. The summed E-state index contributed by atoms with van der Waals surface area (Å²) in [7, 11) is 3.01. The molecule has 0 aliphatic carbocycles. The van der Waals surface area contributed by atoms with Crippen molar-refractivity contribution in [1.82, 2.24) is 9.78 Å². The Balaban J connectivity index is 3.08. The van der Waals surface area contributed by atoms with E-state index in [1.165, 1.54) is 11.8 Å². The Kier molecular flexibility index (Phi) is 3.21. The maximum atomic E-state index is 11.3. The molecule has 2 N–H and O–H groups in total. The summed E-state index contributed by atoms with van der Waals surface area (Å²) < 4.78 is 6.08. The van der Waals surface area contributed by atoms with Crippen LogP contribution in [0.15, 0.2) is 6.20 Å². The first-order chi connectivity index (χ1) is 6.60. The molecule has 0 aromatic carbocycles. The molecular formula is C8H13N3O3. The summed E-state index contributed by atoms with van der Waals surface area (Å²) in [4.78, 5) is 15.9. The van der Waals surface area contributed by atoms with Gasteiger partial charge in [0.1, 0.15) is 6.10 Å². The number of ether oxygens (including phenoxy) is 1. The maximum absolute atomic E-state index is 11.3. The van der Waals surface area contributed by atoms with E-state index in [0.29, 0.717) is 5.56 Å². The highest BCUT2D eigenvalue weighted by Crippen LogP contribution is 2.18. The third-order valence-corrected chi connectivity index (χ3v) is 1.88. The predicted octanol–water partition coefficient (Wildman–Crippen LogP) is 0.158. The summed E-state index contributed by atoms with van der Waals surface area (Å²) >= 11 is 0. The molecule has 1 atom stereocenters. The number of rotatable bonds is 3. The number of methoxy groups -OCH3 is 1. The first kappa shape index (κ1) is 10.7. The van der Waals surface area contributed by atoms with Crippen molar-refractivity contribution in [3.05, 3.63) is 17.5 Å². The largest absolute Gasteiger partial charge is 0.464 e. The van der Waals surface area contributed by atoms with Crippen molar-refractivity contribution >= 4 is 5.97 Å². The van der Waals surface area contributed by atoms with Crippen molar-refractivity contribution in [2.24, 2.45) is 12.9 Å². The van der Waals surface area contributed by atoms with Gasteiger partial charge in [-0.1, -0.05) is 0 Å². The van der Waals surface area contributed by atoms with Crippen molar-refractivity contribution in [3.63, 3.8) is 0 Å². The molecule has 0 fully saturated rings. The van der Waals surface area contributed by atoms with E-state index in [2.05, 4.69) is 14.7 Å². The lowest BCUT2D eigenvalue weighted by Crippen LogP contribution is -2.11. The van der Waals surface area contributed by atoms with Crippen molar-refractivity contribution in [2.45, 2.75) is 13.0 Å². The summed E-state index contributed by atoms with van der Waals surface area (Å²) in [6, 6.07) is 0. The van der Waals surface area contributed by atoms with Crippen LogP contribution in [0.3, 0.4) is 0 Å². The molecular weight excluding hydrogens is 186 g/mol. The van der Waals surface area contributed by atoms with Crippen LogP contribution in [0.5, 0.6) is 0 Å². The second-order valence-electron chi connectivity index (χ2n) is 2.88. The number of carbonyl (C=O) groups is 1. The van der Waals surface area contributed by atoms with Gasteiger partial charge in [0, 0.05) is 18.8 Å². The Morgan fingerprint density at radius 3 is 2.86 bits per heavy atom. The number of hydrogen-bond donors (Lipinski definition) is 1. The van der Waals surface area contributed by atoms with E-state index in [9.17, 15) is 4.79 Å². The molecule has 14 heavy (non-hydrogen) atoms. The van der Waals surface area contributed by atoms with E-state index in [-0.39, 0.29) is 5.69 Å². The molecule has 1 heterocycles. The van der Waals surface area contributed by atoms with Crippen molar-refractivity contribution in [2.75, 3.05) is 7.11 Å². The van der Waals surface area contributed by atoms with Gasteiger partial charge in [0.15, 0.2) is 5.69 Å². The fourth-order valence-electron chi connectivity index (χ4n) is 1.13. The van der Waals surface area contributed by atoms with Crippen LogP contribution in [-0.4, -0.2) is 22.9 Å². The molecule has 0 amide bonds. The highest BCUT2D eigenvalue weighted by atomic mass is 16.6. The van der Waals surface area contributed by atoms with E-state index in [1.54, 1.807) is 20.2 Å². The van der Waals surface area contributed by atoms with Crippen molar-refractivity contribution in [1.29, 1.82) is 0 Å². The maximum Gasteiger partial charge on any atom is 0.358 e. The van der Waals surface area contributed by atoms with Gasteiger partial charge in [-0.25, -0.2) is 10.7 Å². The van der Waals surface area contributed by atoms with E-state index in [4.69, 9.17) is 5.90 Å². The first-order valence-electron chi connectivity index (χ1n) is 4.07.